The minimum absolute atomic E-state index is 0.150. The number of halogens is 1. The van der Waals surface area contributed by atoms with Crippen LogP contribution in [0.25, 0.3) is 0 Å². The first-order chi connectivity index (χ1) is 14.1. The number of thiophene rings is 1. The number of guanidine groups is 1. The summed E-state index contributed by atoms with van der Waals surface area (Å²) in [5.41, 5.74) is 2.94. The summed E-state index contributed by atoms with van der Waals surface area (Å²) in [6.07, 6.45) is 0. The van der Waals surface area contributed by atoms with E-state index in [0.717, 1.165) is 50.8 Å². The Hall–Kier alpha value is -2.12. The highest BCUT2D eigenvalue weighted by Gasteiger charge is 2.18. The molecule has 3 rings (SSSR count). The molecule has 1 aliphatic heterocycles. The van der Waals surface area contributed by atoms with Crippen LogP contribution in [0.15, 0.2) is 40.0 Å². The van der Waals surface area contributed by atoms with E-state index in [9.17, 15) is 4.39 Å². The van der Waals surface area contributed by atoms with Crippen LogP contribution >= 0.6 is 11.3 Å². The minimum atomic E-state index is -0.150. The summed E-state index contributed by atoms with van der Waals surface area (Å²) < 4.78 is 14.7. The van der Waals surface area contributed by atoms with Gasteiger partial charge in [0.15, 0.2) is 5.96 Å². The molecule has 0 spiro atoms. The van der Waals surface area contributed by atoms with Crippen LogP contribution in [-0.2, 0) is 6.54 Å². The molecule has 1 aliphatic rings. The minimum Gasteiger partial charge on any atom is -0.367 e. The Bertz CT molecular complexity index is 785. The van der Waals surface area contributed by atoms with E-state index in [-0.39, 0.29) is 5.82 Å². The Labute approximate surface area is 177 Å². The van der Waals surface area contributed by atoms with Gasteiger partial charge in [-0.2, -0.15) is 11.3 Å². The molecule has 0 aliphatic carbocycles. The van der Waals surface area contributed by atoms with Crippen molar-refractivity contribution in [3.8, 4) is 0 Å². The van der Waals surface area contributed by atoms with Gasteiger partial charge < -0.3 is 20.4 Å². The molecule has 5 nitrogen and oxygen atoms in total. The van der Waals surface area contributed by atoms with Crippen LogP contribution in [0.1, 0.15) is 30.9 Å². The van der Waals surface area contributed by atoms with Crippen LogP contribution in [0.3, 0.4) is 0 Å². The highest BCUT2D eigenvalue weighted by molar-refractivity contribution is 7.07. The number of likely N-dealkylation sites (N-methyl/N-ethyl adjacent to an activating group) is 1. The summed E-state index contributed by atoms with van der Waals surface area (Å²) in [5, 5.41) is 10.9. The number of rotatable bonds is 7. The molecule has 0 amide bonds. The van der Waals surface area contributed by atoms with E-state index >= 15 is 0 Å². The van der Waals surface area contributed by atoms with Crippen LogP contribution in [-0.4, -0.2) is 57.2 Å². The maximum Gasteiger partial charge on any atom is 0.191 e. The topological polar surface area (TPSA) is 42.9 Å². The van der Waals surface area contributed by atoms with E-state index in [4.69, 9.17) is 0 Å². The van der Waals surface area contributed by atoms with E-state index in [2.05, 4.69) is 56.1 Å². The van der Waals surface area contributed by atoms with Crippen LogP contribution in [0, 0.1) is 5.82 Å². The van der Waals surface area contributed by atoms with Gasteiger partial charge in [-0.15, -0.1) is 0 Å². The van der Waals surface area contributed by atoms with E-state index in [1.54, 1.807) is 24.5 Å². The second kappa shape index (κ2) is 10.6. The van der Waals surface area contributed by atoms with Crippen LogP contribution < -0.4 is 15.5 Å². The summed E-state index contributed by atoms with van der Waals surface area (Å²) in [7, 11) is 1.75. The van der Waals surface area contributed by atoms with Gasteiger partial charge >= 0.3 is 0 Å². The quantitative estimate of drug-likeness (QED) is 0.535. The lowest BCUT2D eigenvalue weighted by Gasteiger charge is -2.35. The predicted octanol–water partition coefficient (Wildman–Crippen LogP) is 3.50. The van der Waals surface area contributed by atoms with E-state index in [1.165, 1.54) is 5.56 Å². The molecule has 1 saturated heterocycles. The zero-order chi connectivity index (χ0) is 20.6. The number of aliphatic imine (C=N–C) groups is 1. The fraction of sp³-hybridized carbons (Fsp3) is 0.500. The molecule has 1 aromatic carbocycles. The van der Waals surface area contributed by atoms with Gasteiger partial charge in [-0.1, -0.05) is 19.9 Å². The maximum atomic E-state index is 14.7. The van der Waals surface area contributed by atoms with Crippen molar-refractivity contribution >= 4 is 23.0 Å². The van der Waals surface area contributed by atoms with Crippen molar-refractivity contribution in [1.82, 2.24) is 15.5 Å². The molecule has 1 aromatic heterocycles. The van der Waals surface area contributed by atoms with Crippen LogP contribution in [0.5, 0.6) is 0 Å². The molecule has 0 bridgehead atoms. The molecular formula is C22H32FN5S. The summed E-state index contributed by atoms with van der Waals surface area (Å²) in [6.45, 7) is 10.5. The van der Waals surface area contributed by atoms with Crippen molar-refractivity contribution in [3.05, 3.63) is 52.0 Å². The van der Waals surface area contributed by atoms with Gasteiger partial charge in [-0.3, -0.25) is 4.99 Å². The second-order valence-corrected chi connectivity index (χ2v) is 8.25. The van der Waals surface area contributed by atoms with Crippen LogP contribution in [0.4, 0.5) is 10.1 Å². The Morgan fingerprint density at radius 1 is 1.21 bits per heavy atom. The number of nitrogens with zero attached hydrogens (tertiary/aromatic N) is 3. The fourth-order valence-electron chi connectivity index (χ4n) is 3.55. The Morgan fingerprint density at radius 2 is 2.00 bits per heavy atom. The van der Waals surface area contributed by atoms with Crippen molar-refractivity contribution in [2.75, 3.05) is 51.2 Å². The summed E-state index contributed by atoms with van der Waals surface area (Å²) >= 11 is 1.71. The first kappa shape index (κ1) is 21.6. The van der Waals surface area contributed by atoms with Gasteiger partial charge in [-0.25, -0.2) is 4.39 Å². The Kier molecular flexibility index (Phi) is 7.89. The summed E-state index contributed by atoms with van der Waals surface area (Å²) in [5.74, 6) is 0.986. The molecule has 2 aromatic rings. The average Bonchev–Trinajstić information content (AvgIpc) is 3.29. The van der Waals surface area contributed by atoms with Crippen molar-refractivity contribution in [3.63, 3.8) is 0 Å². The third kappa shape index (κ3) is 5.93. The van der Waals surface area contributed by atoms with Crippen molar-refractivity contribution in [1.29, 1.82) is 0 Å². The first-order valence-electron chi connectivity index (χ1n) is 10.3. The number of anilines is 1. The van der Waals surface area contributed by atoms with Gasteiger partial charge in [0.2, 0.25) is 0 Å². The highest BCUT2D eigenvalue weighted by Crippen LogP contribution is 2.22. The Morgan fingerprint density at radius 3 is 2.62 bits per heavy atom. The Balaban J connectivity index is 1.50. The third-order valence-corrected chi connectivity index (χ3v) is 6.25. The number of hydrogen-bond acceptors (Lipinski definition) is 4. The molecule has 1 atom stereocenters. The molecule has 0 radical (unpaired) electrons. The lowest BCUT2D eigenvalue weighted by molar-refractivity contribution is 0.270. The number of piperazine rings is 1. The molecular weight excluding hydrogens is 385 g/mol. The lowest BCUT2D eigenvalue weighted by atomic mass is 10.1. The van der Waals surface area contributed by atoms with Gasteiger partial charge in [0.25, 0.3) is 0 Å². The zero-order valence-corrected chi connectivity index (χ0v) is 18.4. The van der Waals surface area contributed by atoms with Gasteiger partial charge in [-0.05, 0) is 52.5 Å². The monoisotopic (exact) mass is 417 g/mol. The SMILES string of the molecule is CCN1CCN(c2ccc(CNC(=NC)NCC(C)c3ccsc3)cc2F)CC1. The lowest BCUT2D eigenvalue weighted by Crippen LogP contribution is -2.46. The molecule has 2 N–H and O–H groups in total. The van der Waals surface area contributed by atoms with Crippen LogP contribution in [0.2, 0.25) is 0 Å². The largest absolute Gasteiger partial charge is 0.367 e. The highest BCUT2D eigenvalue weighted by atomic mass is 32.1. The second-order valence-electron chi connectivity index (χ2n) is 7.47. The first-order valence-corrected chi connectivity index (χ1v) is 11.3. The molecule has 7 heteroatoms. The number of benzene rings is 1. The zero-order valence-electron chi connectivity index (χ0n) is 17.6. The summed E-state index contributed by atoms with van der Waals surface area (Å²) in [6, 6.07) is 7.69. The predicted molar refractivity (Wildman–Crippen MR) is 122 cm³/mol. The van der Waals surface area contributed by atoms with Gasteiger partial charge in [0, 0.05) is 46.3 Å². The van der Waals surface area contributed by atoms with Crippen molar-refractivity contribution < 1.29 is 4.39 Å². The van der Waals surface area contributed by atoms with E-state index < -0.39 is 0 Å². The van der Waals surface area contributed by atoms with E-state index in [1.807, 2.05) is 12.1 Å². The molecule has 1 unspecified atom stereocenters. The van der Waals surface area contributed by atoms with Crippen molar-refractivity contribution in [2.45, 2.75) is 26.3 Å². The smallest absolute Gasteiger partial charge is 0.191 e. The normalized spacial score (nSPS) is 16.7. The molecule has 1 fully saturated rings. The van der Waals surface area contributed by atoms with Crippen molar-refractivity contribution in [2.24, 2.45) is 4.99 Å². The number of hydrogen-bond donors (Lipinski definition) is 2. The molecule has 29 heavy (non-hydrogen) atoms. The average molecular weight is 418 g/mol. The van der Waals surface area contributed by atoms with Gasteiger partial charge in [0.1, 0.15) is 5.82 Å². The summed E-state index contributed by atoms with van der Waals surface area (Å²) in [4.78, 5) is 8.81. The molecule has 0 saturated carbocycles. The van der Waals surface area contributed by atoms with E-state index in [0.29, 0.717) is 18.2 Å². The third-order valence-electron chi connectivity index (χ3n) is 5.54. The molecule has 158 valence electrons. The number of nitrogens with one attached hydrogen (secondary N) is 2. The maximum absolute atomic E-state index is 14.7. The van der Waals surface area contributed by atoms with Gasteiger partial charge in [0.05, 0.1) is 5.69 Å². The molecule has 2 heterocycles. The standard InChI is InChI=1S/C22H32FN5S/c1-4-27-8-10-28(11-9-27)21-6-5-18(13-20(21)23)15-26-22(24-3)25-14-17(2)19-7-12-29-16-19/h5-7,12-13,16-17H,4,8-11,14-15H2,1-3H3,(H2,24,25,26). The fourth-order valence-corrected chi connectivity index (χ4v) is 4.33.